The lowest BCUT2D eigenvalue weighted by atomic mass is 9.98. The lowest BCUT2D eigenvalue weighted by Crippen LogP contribution is -2.40. The van der Waals surface area contributed by atoms with Gasteiger partial charge >= 0.3 is 18.5 Å². The number of hydrogen-bond acceptors (Lipinski definition) is 3. The van der Waals surface area contributed by atoms with Gasteiger partial charge in [-0.3, -0.25) is 0 Å². The van der Waals surface area contributed by atoms with Crippen molar-refractivity contribution in [1.29, 1.82) is 0 Å². The van der Waals surface area contributed by atoms with Crippen molar-refractivity contribution in [2.24, 2.45) is 0 Å². The van der Waals surface area contributed by atoms with Crippen molar-refractivity contribution in [1.82, 2.24) is 0 Å². The van der Waals surface area contributed by atoms with E-state index < -0.39 is 41.7 Å². The molecular formula is C17H12F6O4. The van der Waals surface area contributed by atoms with Crippen LogP contribution in [-0.2, 0) is 4.79 Å². The largest absolute Gasteiger partial charge is 0.573 e. The highest BCUT2D eigenvalue weighted by Gasteiger charge is 2.49. The standard InChI is InChI=1S/C17H12F6O4/c1-2-3-4-5-9-6-11(27-17(21,22)23)7-10-8-12(15(24)25)14(16(18,19)20)26-13(9)10/h6-8,14H,2-3H2,1H3,(H,24,25). The van der Waals surface area contributed by atoms with E-state index in [9.17, 15) is 31.1 Å². The minimum Gasteiger partial charge on any atom is -0.478 e. The topological polar surface area (TPSA) is 55.8 Å². The van der Waals surface area contributed by atoms with E-state index in [2.05, 4.69) is 16.6 Å². The highest BCUT2D eigenvalue weighted by molar-refractivity contribution is 5.95. The van der Waals surface area contributed by atoms with Crippen LogP contribution in [0.5, 0.6) is 11.5 Å². The Morgan fingerprint density at radius 1 is 1.26 bits per heavy atom. The lowest BCUT2D eigenvalue weighted by molar-refractivity contribution is -0.274. The second-order valence-corrected chi connectivity index (χ2v) is 5.43. The third-order valence-electron chi connectivity index (χ3n) is 3.30. The Morgan fingerprint density at radius 2 is 1.93 bits per heavy atom. The molecule has 4 nitrogen and oxygen atoms in total. The molecule has 1 aromatic rings. The average Bonchev–Trinajstić information content (AvgIpc) is 2.51. The summed E-state index contributed by atoms with van der Waals surface area (Å²) in [5, 5.41) is 9.01. The summed E-state index contributed by atoms with van der Waals surface area (Å²) in [5.74, 6) is 1.92. The van der Waals surface area contributed by atoms with Crippen molar-refractivity contribution in [3.05, 3.63) is 28.8 Å². The van der Waals surface area contributed by atoms with Crippen LogP contribution < -0.4 is 9.47 Å². The maximum atomic E-state index is 13.1. The molecule has 27 heavy (non-hydrogen) atoms. The SMILES string of the molecule is CCCC#Cc1cc(OC(F)(F)F)cc2c1OC(C(F)(F)F)C(C(=O)O)=C2. The van der Waals surface area contributed by atoms with E-state index in [-0.39, 0.29) is 11.1 Å². The zero-order chi connectivity index (χ0) is 20.4. The molecule has 0 aromatic heterocycles. The van der Waals surface area contributed by atoms with Crippen molar-refractivity contribution in [3.8, 4) is 23.3 Å². The number of alkyl halides is 6. The Bertz CT molecular complexity index is 827. The molecule has 1 aromatic carbocycles. The number of carboxylic acids is 1. The van der Waals surface area contributed by atoms with Crippen molar-refractivity contribution in [2.75, 3.05) is 0 Å². The van der Waals surface area contributed by atoms with E-state index in [1.807, 2.05) is 0 Å². The third-order valence-corrected chi connectivity index (χ3v) is 3.30. The molecule has 0 spiro atoms. The number of halogens is 6. The van der Waals surface area contributed by atoms with Gasteiger partial charge in [0.05, 0.1) is 11.1 Å². The van der Waals surface area contributed by atoms with Gasteiger partial charge in [0.2, 0.25) is 6.10 Å². The van der Waals surface area contributed by atoms with Gasteiger partial charge in [0, 0.05) is 12.0 Å². The Hall–Kier alpha value is -2.83. The highest BCUT2D eigenvalue weighted by atomic mass is 19.4. The van der Waals surface area contributed by atoms with Crippen LogP contribution >= 0.6 is 0 Å². The van der Waals surface area contributed by atoms with Crippen LogP contribution in [0.15, 0.2) is 17.7 Å². The quantitative estimate of drug-likeness (QED) is 0.605. The summed E-state index contributed by atoms with van der Waals surface area (Å²) >= 11 is 0. The third kappa shape index (κ3) is 5.09. The van der Waals surface area contributed by atoms with Gasteiger partial charge in [-0.2, -0.15) is 13.2 Å². The van der Waals surface area contributed by atoms with E-state index >= 15 is 0 Å². The summed E-state index contributed by atoms with van der Waals surface area (Å²) in [7, 11) is 0. The van der Waals surface area contributed by atoms with E-state index in [1.165, 1.54) is 0 Å². The zero-order valence-electron chi connectivity index (χ0n) is 13.7. The average molecular weight is 394 g/mol. The molecule has 2 rings (SSSR count). The fourth-order valence-corrected chi connectivity index (χ4v) is 2.27. The number of ether oxygens (including phenoxy) is 2. The first kappa shape index (κ1) is 20.5. The van der Waals surface area contributed by atoms with Crippen LogP contribution in [0.4, 0.5) is 26.3 Å². The molecule has 1 aliphatic heterocycles. The van der Waals surface area contributed by atoms with Gasteiger partial charge in [-0.1, -0.05) is 18.8 Å². The maximum absolute atomic E-state index is 13.1. The Kier molecular flexibility index (Phi) is 5.63. The van der Waals surface area contributed by atoms with E-state index in [4.69, 9.17) is 9.84 Å². The zero-order valence-corrected chi connectivity index (χ0v) is 13.7. The Morgan fingerprint density at radius 3 is 2.44 bits per heavy atom. The molecule has 1 atom stereocenters. The molecule has 146 valence electrons. The predicted molar refractivity (Wildman–Crippen MR) is 81.0 cm³/mol. The van der Waals surface area contributed by atoms with E-state index in [1.54, 1.807) is 6.92 Å². The summed E-state index contributed by atoms with van der Waals surface area (Å²) < 4.78 is 85.5. The first-order valence-corrected chi connectivity index (χ1v) is 7.53. The number of fused-ring (bicyclic) bond motifs is 1. The number of rotatable bonds is 3. The number of unbranched alkanes of at least 4 members (excludes halogenated alkanes) is 1. The van der Waals surface area contributed by atoms with Crippen LogP contribution in [0.1, 0.15) is 30.9 Å². The van der Waals surface area contributed by atoms with Gasteiger partial charge in [0.1, 0.15) is 11.5 Å². The van der Waals surface area contributed by atoms with Crippen molar-refractivity contribution in [2.45, 2.75) is 38.4 Å². The lowest BCUT2D eigenvalue weighted by Gasteiger charge is -2.28. The molecule has 1 aliphatic rings. The smallest absolute Gasteiger partial charge is 0.478 e. The minimum absolute atomic E-state index is 0.268. The van der Waals surface area contributed by atoms with Crippen LogP contribution in [-0.4, -0.2) is 29.7 Å². The molecule has 0 aliphatic carbocycles. The number of hydrogen-bond donors (Lipinski definition) is 1. The van der Waals surface area contributed by atoms with Gasteiger partial charge in [-0.05, 0) is 24.6 Å². The molecular weight excluding hydrogens is 382 g/mol. The molecule has 0 fully saturated rings. The summed E-state index contributed by atoms with van der Waals surface area (Å²) in [4.78, 5) is 11.1. The Labute approximate surface area is 149 Å². The minimum atomic E-state index is -5.05. The van der Waals surface area contributed by atoms with Crippen LogP contribution in [0.2, 0.25) is 0 Å². The summed E-state index contributed by atoms with van der Waals surface area (Å²) in [5.41, 5.74) is -1.74. The predicted octanol–water partition coefficient (Wildman–Crippen LogP) is 4.53. The number of carbonyl (C=O) groups is 1. The van der Waals surface area contributed by atoms with Gasteiger partial charge in [-0.15, -0.1) is 13.2 Å². The normalized spacial score (nSPS) is 16.4. The van der Waals surface area contributed by atoms with Gasteiger partial charge < -0.3 is 14.6 Å². The monoisotopic (exact) mass is 394 g/mol. The van der Waals surface area contributed by atoms with Gasteiger partial charge in [-0.25, -0.2) is 4.79 Å². The first-order chi connectivity index (χ1) is 12.4. The van der Waals surface area contributed by atoms with Crippen molar-refractivity contribution >= 4 is 12.0 Å². The summed E-state index contributed by atoms with van der Waals surface area (Å²) in [6, 6.07) is 1.53. The summed E-state index contributed by atoms with van der Waals surface area (Å²) in [6.45, 7) is 1.78. The molecule has 0 radical (unpaired) electrons. The van der Waals surface area contributed by atoms with Crippen LogP contribution in [0.3, 0.4) is 0 Å². The fraction of sp³-hybridized carbons (Fsp3) is 0.353. The van der Waals surface area contributed by atoms with Crippen LogP contribution in [0.25, 0.3) is 6.08 Å². The van der Waals surface area contributed by atoms with Crippen molar-refractivity contribution < 1.29 is 45.7 Å². The van der Waals surface area contributed by atoms with E-state index in [0.717, 1.165) is 12.1 Å². The number of benzene rings is 1. The summed E-state index contributed by atoms with van der Waals surface area (Å²) in [6.07, 6.45) is -11.3. The molecule has 10 heteroatoms. The molecule has 0 amide bonds. The highest BCUT2D eigenvalue weighted by Crippen LogP contribution is 2.41. The Balaban J connectivity index is 2.64. The van der Waals surface area contributed by atoms with E-state index in [0.29, 0.717) is 18.9 Å². The van der Waals surface area contributed by atoms with Gasteiger partial charge in [0.15, 0.2) is 0 Å². The molecule has 1 N–H and O–H groups in total. The van der Waals surface area contributed by atoms with Crippen LogP contribution in [0, 0.1) is 11.8 Å². The first-order valence-electron chi connectivity index (χ1n) is 7.53. The maximum Gasteiger partial charge on any atom is 0.573 e. The second kappa shape index (κ2) is 7.42. The molecule has 1 unspecified atom stereocenters. The molecule has 0 saturated carbocycles. The molecule has 0 bridgehead atoms. The molecule has 1 heterocycles. The number of carboxylic acid groups (broad SMARTS) is 1. The second-order valence-electron chi connectivity index (χ2n) is 5.43. The van der Waals surface area contributed by atoms with Gasteiger partial charge in [0.25, 0.3) is 0 Å². The van der Waals surface area contributed by atoms with Crippen molar-refractivity contribution in [3.63, 3.8) is 0 Å². The number of aliphatic carboxylic acids is 1. The molecule has 0 saturated heterocycles. The fourth-order valence-electron chi connectivity index (χ4n) is 2.27.